The van der Waals surface area contributed by atoms with E-state index in [-0.39, 0.29) is 18.7 Å². The van der Waals surface area contributed by atoms with E-state index >= 15 is 0 Å². The van der Waals surface area contributed by atoms with Crippen LogP contribution in [0.3, 0.4) is 0 Å². The fourth-order valence-corrected chi connectivity index (χ4v) is 3.99. The predicted molar refractivity (Wildman–Crippen MR) is 97.3 cm³/mol. The largest absolute Gasteiger partial charge is 0.394 e. The Kier molecular flexibility index (Phi) is 5.16. The quantitative estimate of drug-likeness (QED) is 0.890. The van der Waals surface area contributed by atoms with Crippen LogP contribution in [-0.4, -0.2) is 40.2 Å². The maximum absolute atomic E-state index is 12.6. The van der Waals surface area contributed by atoms with Crippen molar-refractivity contribution in [2.75, 3.05) is 18.5 Å². The van der Waals surface area contributed by atoms with Crippen molar-refractivity contribution in [3.05, 3.63) is 35.3 Å². The lowest BCUT2D eigenvalue weighted by Crippen LogP contribution is -2.51. The van der Waals surface area contributed by atoms with Crippen LogP contribution in [0.5, 0.6) is 0 Å². The average Bonchev–Trinajstić information content (AvgIpc) is 3.01. The van der Waals surface area contributed by atoms with Crippen molar-refractivity contribution in [3.63, 3.8) is 0 Å². The first-order valence-electron chi connectivity index (χ1n) is 8.29. The number of urea groups is 1. The minimum atomic E-state index is -0.145. The summed E-state index contributed by atoms with van der Waals surface area (Å²) < 4.78 is 0. The number of aryl methyl sites for hydroxylation is 1. The molecule has 1 aliphatic heterocycles. The Morgan fingerprint density at radius 1 is 1.50 bits per heavy atom. The Morgan fingerprint density at radius 2 is 2.33 bits per heavy atom. The fraction of sp³-hybridized carbons (Fsp3) is 0.444. The maximum Gasteiger partial charge on any atom is 0.322 e. The second kappa shape index (κ2) is 7.32. The van der Waals surface area contributed by atoms with Crippen molar-refractivity contribution in [2.24, 2.45) is 5.92 Å². The molecule has 0 aliphatic carbocycles. The van der Waals surface area contributed by atoms with Crippen LogP contribution in [0, 0.1) is 12.8 Å². The van der Waals surface area contributed by atoms with Gasteiger partial charge in [0.1, 0.15) is 5.01 Å². The molecular weight excluding hydrogens is 322 g/mol. The molecule has 1 aromatic heterocycles. The highest BCUT2D eigenvalue weighted by molar-refractivity contribution is 7.13. The van der Waals surface area contributed by atoms with Crippen LogP contribution in [0.15, 0.2) is 29.6 Å². The molecule has 2 aromatic rings. The summed E-state index contributed by atoms with van der Waals surface area (Å²) >= 11 is 1.60. The third-order valence-electron chi connectivity index (χ3n) is 4.54. The normalized spacial score (nSPS) is 20.9. The molecule has 1 aliphatic rings. The number of thiazole rings is 1. The van der Waals surface area contributed by atoms with Crippen LogP contribution in [-0.2, 0) is 0 Å². The Morgan fingerprint density at radius 3 is 3.04 bits per heavy atom. The molecule has 3 rings (SSSR count). The third-order valence-corrected chi connectivity index (χ3v) is 5.55. The van der Waals surface area contributed by atoms with E-state index in [0.29, 0.717) is 12.5 Å². The van der Waals surface area contributed by atoms with E-state index in [1.54, 1.807) is 16.2 Å². The first-order chi connectivity index (χ1) is 11.6. The highest BCUT2D eigenvalue weighted by Gasteiger charge is 2.31. The number of likely N-dealkylation sites (tertiary alicyclic amines) is 1. The summed E-state index contributed by atoms with van der Waals surface area (Å²) in [5, 5.41) is 15.5. The second-order valence-corrected chi connectivity index (χ2v) is 7.23. The molecule has 2 N–H and O–H groups in total. The number of benzene rings is 1. The standard InChI is InChI=1S/C18H23N3O2S/c1-12-5-4-8-21(16(12)10-22)18(23)20-15-7-3-6-14(9-15)17-19-13(2)11-24-17/h3,6-7,9,11-12,16,22H,4-5,8,10H2,1-2H3,(H,20,23). The SMILES string of the molecule is Cc1csc(-c2cccc(NC(=O)N3CCCC(C)C3CO)c2)n1. The number of hydrogen-bond acceptors (Lipinski definition) is 4. The van der Waals surface area contributed by atoms with Crippen LogP contribution in [0.25, 0.3) is 10.6 Å². The minimum absolute atomic E-state index is 0.00696. The van der Waals surface area contributed by atoms with Gasteiger partial charge in [0, 0.05) is 28.9 Å². The molecule has 6 heteroatoms. The molecule has 0 saturated carbocycles. The first kappa shape index (κ1) is 16.9. The summed E-state index contributed by atoms with van der Waals surface area (Å²) in [7, 11) is 0. The van der Waals surface area contributed by atoms with Crippen LogP contribution in [0.1, 0.15) is 25.5 Å². The number of anilines is 1. The van der Waals surface area contributed by atoms with Crippen molar-refractivity contribution in [1.82, 2.24) is 9.88 Å². The van der Waals surface area contributed by atoms with Gasteiger partial charge < -0.3 is 15.3 Å². The van der Waals surface area contributed by atoms with Gasteiger partial charge in [0.25, 0.3) is 0 Å². The second-order valence-electron chi connectivity index (χ2n) is 6.37. The van der Waals surface area contributed by atoms with E-state index in [1.165, 1.54) is 0 Å². The van der Waals surface area contributed by atoms with E-state index < -0.39 is 0 Å². The van der Waals surface area contributed by atoms with Crippen LogP contribution in [0.4, 0.5) is 10.5 Å². The van der Waals surface area contributed by atoms with Crippen molar-refractivity contribution in [1.29, 1.82) is 0 Å². The number of amides is 2. The molecule has 1 fully saturated rings. The van der Waals surface area contributed by atoms with E-state index in [0.717, 1.165) is 34.8 Å². The number of aliphatic hydroxyl groups is 1. The van der Waals surface area contributed by atoms with Gasteiger partial charge >= 0.3 is 6.03 Å². The number of carbonyl (C=O) groups excluding carboxylic acids is 1. The average molecular weight is 345 g/mol. The molecule has 2 amide bonds. The summed E-state index contributed by atoms with van der Waals surface area (Å²) in [6.07, 6.45) is 2.03. The van der Waals surface area contributed by atoms with Gasteiger partial charge in [-0.05, 0) is 37.8 Å². The molecule has 0 bridgehead atoms. The number of carbonyl (C=O) groups is 1. The van der Waals surface area contributed by atoms with E-state index in [4.69, 9.17) is 0 Å². The van der Waals surface area contributed by atoms with Crippen molar-refractivity contribution in [2.45, 2.75) is 32.7 Å². The molecule has 24 heavy (non-hydrogen) atoms. The smallest absolute Gasteiger partial charge is 0.322 e. The van der Waals surface area contributed by atoms with Crippen molar-refractivity contribution in [3.8, 4) is 10.6 Å². The highest BCUT2D eigenvalue weighted by Crippen LogP contribution is 2.27. The summed E-state index contributed by atoms with van der Waals surface area (Å²) in [4.78, 5) is 18.9. The monoisotopic (exact) mass is 345 g/mol. The Balaban J connectivity index is 1.74. The lowest BCUT2D eigenvalue weighted by molar-refractivity contribution is 0.0811. The van der Waals surface area contributed by atoms with Crippen molar-refractivity contribution < 1.29 is 9.90 Å². The molecule has 0 radical (unpaired) electrons. The molecular formula is C18H23N3O2S. The zero-order chi connectivity index (χ0) is 17.1. The van der Waals surface area contributed by atoms with Crippen LogP contribution < -0.4 is 5.32 Å². The predicted octanol–water partition coefficient (Wildman–Crippen LogP) is 3.74. The zero-order valence-corrected chi connectivity index (χ0v) is 14.8. The molecule has 1 saturated heterocycles. The minimum Gasteiger partial charge on any atom is -0.394 e. The molecule has 2 heterocycles. The summed E-state index contributed by atoms with van der Waals surface area (Å²) in [5.74, 6) is 0.319. The van der Waals surface area contributed by atoms with Gasteiger partial charge in [0.15, 0.2) is 0 Å². The van der Waals surface area contributed by atoms with Crippen LogP contribution >= 0.6 is 11.3 Å². The number of aromatic nitrogens is 1. The molecule has 5 nitrogen and oxygen atoms in total. The maximum atomic E-state index is 12.6. The lowest BCUT2D eigenvalue weighted by Gasteiger charge is -2.38. The van der Waals surface area contributed by atoms with Gasteiger partial charge in [-0.2, -0.15) is 0 Å². The number of piperidine rings is 1. The Bertz CT molecular complexity index is 716. The third kappa shape index (κ3) is 3.60. The van der Waals surface area contributed by atoms with Crippen LogP contribution in [0.2, 0.25) is 0 Å². The van der Waals surface area contributed by atoms with Gasteiger partial charge in [-0.1, -0.05) is 19.1 Å². The summed E-state index contributed by atoms with van der Waals surface area (Å²) in [6, 6.07) is 7.48. The number of aliphatic hydroxyl groups excluding tert-OH is 1. The molecule has 128 valence electrons. The van der Waals surface area contributed by atoms with E-state index in [2.05, 4.69) is 17.2 Å². The zero-order valence-electron chi connectivity index (χ0n) is 14.0. The number of rotatable bonds is 3. The fourth-order valence-electron chi connectivity index (χ4n) is 3.19. The summed E-state index contributed by atoms with van der Waals surface area (Å²) in [6.45, 7) is 4.75. The lowest BCUT2D eigenvalue weighted by atomic mass is 9.91. The Hall–Kier alpha value is -1.92. The topological polar surface area (TPSA) is 65.5 Å². The molecule has 1 aromatic carbocycles. The van der Waals surface area contributed by atoms with E-state index in [9.17, 15) is 9.90 Å². The van der Waals surface area contributed by atoms with Gasteiger partial charge in [-0.15, -0.1) is 11.3 Å². The van der Waals surface area contributed by atoms with Gasteiger partial charge in [0.2, 0.25) is 0 Å². The van der Waals surface area contributed by atoms with Crippen molar-refractivity contribution >= 4 is 23.1 Å². The summed E-state index contributed by atoms with van der Waals surface area (Å²) in [5.41, 5.74) is 2.74. The van der Waals surface area contributed by atoms with Gasteiger partial charge in [-0.25, -0.2) is 9.78 Å². The van der Waals surface area contributed by atoms with Gasteiger partial charge in [-0.3, -0.25) is 0 Å². The number of hydrogen-bond donors (Lipinski definition) is 2. The molecule has 2 atom stereocenters. The van der Waals surface area contributed by atoms with E-state index in [1.807, 2.05) is 36.6 Å². The number of nitrogens with one attached hydrogen (secondary N) is 1. The first-order valence-corrected chi connectivity index (χ1v) is 9.17. The number of nitrogens with zero attached hydrogens (tertiary/aromatic N) is 2. The molecule has 0 spiro atoms. The highest BCUT2D eigenvalue weighted by atomic mass is 32.1. The molecule has 2 unspecified atom stereocenters. The van der Waals surface area contributed by atoms with Gasteiger partial charge in [0.05, 0.1) is 12.6 Å². The Labute approximate surface area is 146 Å².